The quantitative estimate of drug-likeness (QED) is 0.838. The van der Waals surface area contributed by atoms with Gasteiger partial charge in [0.15, 0.2) is 0 Å². The van der Waals surface area contributed by atoms with E-state index in [0.717, 1.165) is 12.0 Å². The molecular weight excluding hydrogens is 228 g/mol. The summed E-state index contributed by atoms with van der Waals surface area (Å²) in [5, 5.41) is 2.73. The van der Waals surface area contributed by atoms with Gasteiger partial charge in [-0.2, -0.15) is 0 Å². The SMILES string of the molecule is Cc1cc(C(=O)Nc2cccc(C=O)c2)ccn1. The van der Waals surface area contributed by atoms with Crippen LogP contribution in [0, 0.1) is 6.92 Å². The van der Waals surface area contributed by atoms with E-state index in [2.05, 4.69) is 10.3 Å². The van der Waals surface area contributed by atoms with Gasteiger partial charge in [0.2, 0.25) is 0 Å². The Kier molecular flexibility index (Phi) is 3.48. The fourth-order valence-corrected chi connectivity index (χ4v) is 1.58. The summed E-state index contributed by atoms with van der Waals surface area (Å²) in [5.41, 5.74) is 2.45. The monoisotopic (exact) mass is 240 g/mol. The molecule has 0 spiro atoms. The van der Waals surface area contributed by atoms with Crippen LogP contribution in [-0.4, -0.2) is 17.2 Å². The van der Waals surface area contributed by atoms with E-state index in [-0.39, 0.29) is 5.91 Å². The average Bonchev–Trinajstić information content (AvgIpc) is 2.39. The first-order valence-electron chi connectivity index (χ1n) is 5.48. The lowest BCUT2D eigenvalue weighted by atomic mass is 10.2. The smallest absolute Gasteiger partial charge is 0.255 e. The van der Waals surface area contributed by atoms with Gasteiger partial charge in [0, 0.05) is 28.7 Å². The fraction of sp³-hybridized carbons (Fsp3) is 0.0714. The van der Waals surface area contributed by atoms with Crippen LogP contribution in [0.2, 0.25) is 0 Å². The third kappa shape index (κ3) is 2.79. The maximum Gasteiger partial charge on any atom is 0.255 e. The molecule has 0 aliphatic heterocycles. The lowest BCUT2D eigenvalue weighted by Gasteiger charge is -2.05. The maximum absolute atomic E-state index is 11.9. The molecule has 0 saturated heterocycles. The second-order valence-corrected chi connectivity index (χ2v) is 3.88. The number of benzene rings is 1. The van der Waals surface area contributed by atoms with Crippen molar-refractivity contribution in [2.45, 2.75) is 6.92 Å². The predicted octanol–water partition coefficient (Wildman–Crippen LogP) is 2.45. The van der Waals surface area contributed by atoms with Gasteiger partial charge in [0.05, 0.1) is 0 Å². The van der Waals surface area contributed by atoms with Gasteiger partial charge in [-0.05, 0) is 31.2 Å². The summed E-state index contributed by atoms with van der Waals surface area (Å²) in [6.07, 6.45) is 2.33. The summed E-state index contributed by atoms with van der Waals surface area (Å²) >= 11 is 0. The normalized spacial score (nSPS) is 9.83. The third-order valence-corrected chi connectivity index (χ3v) is 2.44. The molecule has 0 saturated carbocycles. The molecule has 18 heavy (non-hydrogen) atoms. The zero-order valence-electron chi connectivity index (χ0n) is 9.88. The molecule has 0 bridgehead atoms. The number of anilines is 1. The number of rotatable bonds is 3. The number of nitrogens with zero attached hydrogens (tertiary/aromatic N) is 1. The topological polar surface area (TPSA) is 59.1 Å². The van der Waals surface area contributed by atoms with E-state index in [1.165, 1.54) is 0 Å². The standard InChI is InChI=1S/C14H12N2O2/c1-10-7-12(5-6-15-10)14(18)16-13-4-2-3-11(8-13)9-17/h2-9H,1H3,(H,16,18). The zero-order valence-corrected chi connectivity index (χ0v) is 9.88. The molecule has 1 N–H and O–H groups in total. The first-order valence-corrected chi connectivity index (χ1v) is 5.48. The van der Waals surface area contributed by atoms with Gasteiger partial charge in [0.25, 0.3) is 5.91 Å². The van der Waals surface area contributed by atoms with Crippen LogP contribution in [-0.2, 0) is 0 Å². The molecule has 90 valence electrons. The van der Waals surface area contributed by atoms with E-state index in [4.69, 9.17) is 0 Å². The van der Waals surface area contributed by atoms with E-state index >= 15 is 0 Å². The first-order chi connectivity index (χ1) is 8.69. The first kappa shape index (κ1) is 12.0. The number of aryl methyl sites for hydroxylation is 1. The highest BCUT2D eigenvalue weighted by molar-refractivity contribution is 6.04. The summed E-state index contributed by atoms with van der Waals surface area (Å²) in [7, 11) is 0. The molecule has 0 aliphatic rings. The molecule has 2 rings (SSSR count). The average molecular weight is 240 g/mol. The Balaban J connectivity index is 2.18. The largest absolute Gasteiger partial charge is 0.322 e. The number of carbonyl (C=O) groups is 2. The maximum atomic E-state index is 11.9. The number of amides is 1. The molecule has 4 nitrogen and oxygen atoms in total. The summed E-state index contributed by atoms with van der Waals surface area (Å²) in [4.78, 5) is 26.6. The number of nitrogens with one attached hydrogen (secondary N) is 1. The van der Waals surface area contributed by atoms with Crippen LogP contribution in [0.5, 0.6) is 0 Å². The van der Waals surface area contributed by atoms with E-state index < -0.39 is 0 Å². The molecule has 1 aromatic carbocycles. The lowest BCUT2D eigenvalue weighted by molar-refractivity contribution is 0.102. The molecular formula is C14H12N2O2. The van der Waals surface area contributed by atoms with Gasteiger partial charge in [-0.15, -0.1) is 0 Å². The molecule has 1 heterocycles. The van der Waals surface area contributed by atoms with Crippen molar-refractivity contribution in [1.29, 1.82) is 0 Å². The number of pyridine rings is 1. The van der Waals surface area contributed by atoms with Gasteiger partial charge < -0.3 is 5.32 Å². The highest BCUT2D eigenvalue weighted by atomic mass is 16.1. The van der Waals surface area contributed by atoms with Crippen LogP contribution < -0.4 is 5.32 Å². The number of hydrogen-bond acceptors (Lipinski definition) is 3. The van der Waals surface area contributed by atoms with Crippen LogP contribution in [0.15, 0.2) is 42.6 Å². The van der Waals surface area contributed by atoms with Crippen molar-refractivity contribution in [1.82, 2.24) is 4.98 Å². The minimum Gasteiger partial charge on any atom is -0.322 e. The molecule has 0 unspecified atom stereocenters. The van der Waals surface area contributed by atoms with Gasteiger partial charge in [-0.1, -0.05) is 12.1 Å². The van der Waals surface area contributed by atoms with E-state index in [9.17, 15) is 9.59 Å². The van der Waals surface area contributed by atoms with E-state index in [0.29, 0.717) is 16.8 Å². The summed E-state index contributed by atoms with van der Waals surface area (Å²) in [6, 6.07) is 10.1. The predicted molar refractivity (Wildman–Crippen MR) is 68.8 cm³/mol. The minimum absolute atomic E-state index is 0.219. The Bertz CT molecular complexity index is 594. The number of hydrogen-bond donors (Lipinski definition) is 1. The second-order valence-electron chi connectivity index (χ2n) is 3.88. The van der Waals surface area contributed by atoms with Crippen LogP contribution in [0.1, 0.15) is 26.4 Å². The number of carbonyl (C=O) groups excluding carboxylic acids is 2. The van der Waals surface area contributed by atoms with Crippen molar-refractivity contribution in [3.63, 3.8) is 0 Å². The van der Waals surface area contributed by atoms with Gasteiger partial charge in [-0.25, -0.2) is 0 Å². The lowest BCUT2D eigenvalue weighted by Crippen LogP contribution is -2.12. The van der Waals surface area contributed by atoms with Crippen LogP contribution in [0.25, 0.3) is 0 Å². The molecule has 0 aliphatic carbocycles. The highest BCUT2D eigenvalue weighted by Gasteiger charge is 2.06. The van der Waals surface area contributed by atoms with Crippen molar-refractivity contribution >= 4 is 17.9 Å². The van der Waals surface area contributed by atoms with Crippen LogP contribution in [0.3, 0.4) is 0 Å². The van der Waals surface area contributed by atoms with Crippen molar-refractivity contribution < 1.29 is 9.59 Å². The zero-order chi connectivity index (χ0) is 13.0. The summed E-state index contributed by atoms with van der Waals surface area (Å²) < 4.78 is 0. The Labute approximate surface area is 105 Å². The fourth-order valence-electron chi connectivity index (χ4n) is 1.58. The van der Waals surface area contributed by atoms with E-state index in [1.54, 1.807) is 42.6 Å². The molecule has 4 heteroatoms. The Hall–Kier alpha value is -2.49. The third-order valence-electron chi connectivity index (χ3n) is 2.44. The van der Waals surface area contributed by atoms with Crippen molar-refractivity contribution in [3.8, 4) is 0 Å². The second kappa shape index (κ2) is 5.23. The summed E-state index contributed by atoms with van der Waals surface area (Å²) in [5.74, 6) is -0.219. The molecule has 0 fully saturated rings. The summed E-state index contributed by atoms with van der Waals surface area (Å²) in [6.45, 7) is 1.82. The highest BCUT2D eigenvalue weighted by Crippen LogP contribution is 2.11. The van der Waals surface area contributed by atoms with Gasteiger partial charge >= 0.3 is 0 Å². The van der Waals surface area contributed by atoms with Crippen molar-refractivity contribution in [2.75, 3.05) is 5.32 Å². The van der Waals surface area contributed by atoms with Gasteiger partial charge in [0.1, 0.15) is 6.29 Å². The molecule has 1 aromatic heterocycles. The Morgan fingerprint density at radius 2 is 2.11 bits per heavy atom. The van der Waals surface area contributed by atoms with Gasteiger partial charge in [-0.3, -0.25) is 14.6 Å². The number of aromatic nitrogens is 1. The number of aldehydes is 1. The van der Waals surface area contributed by atoms with Crippen molar-refractivity contribution in [2.24, 2.45) is 0 Å². The van der Waals surface area contributed by atoms with Crippen LogP contribution in [0.4, 0.5) is 5.69 Å². The van der Waals surface area contributed by atoms with E-state index in [1.807, 2.05) is 6.92 Å². The molecule has 0 atom stereocenters. The molecule has 1 amide bonds. The Morgan fingerprint density at radius 1 is 1.28 bits per heavy atom. The molecule has 0 radical (unpaired) electrons. The van der Waals surface area contributed by atoms with Crippen LogP contribution >= 0.6 is 0 Å². The minimum atomic E-state index is -0.219. The molecule has 2 aromatic rings. The Morgan fingerprint density at radius 3 is 2.83 bits per heavy atom. The van der Waals surface area contributed by atoms with Crippen molar-refractivity contribution in [3.05, 3.63) is 59.4 Å².